The summed E-state index contributed by atoms with van der Waals surface area (Å²) in [4.78, 5) is 66.3. The van der Waals surface area contributed by atoms with Crippen molar-refractivity contribution in [2.45, 2.75) is 19.4 Å². The minimum Gasteiger partial charge on any atom is -0.324 e. The molecule has 2 heterocycles. The predicted octanol–water partition coefficient (Wildman–Crippen LogP) is 1.70. The van der Waals surface area contributed by atoms with Crippen LogP contribution in [0.2, 0.25) is 0 Å². The van der Waals surface area contributed by atoms with Crippen molar-refractivity contribution in [2.24, 2.45) is 0 Å². The van der Waals surface area contributed by atoms with Crippen molar-refractivity contribution < 1.29 is 28.8 Å². The van der Waals surface area contributed by atoms with Crippen LogP contribution in [-0.4, -0.2) is 39.6 Å². The first-order valence-corrected chi connectivity index (χ1v) is 8.58. The standard InChI is InChI=1S/C20H14N2O6/c23-16-9-10-17(24)21(16)11-12-5-7-13(8-6-12)20(27)28-22-18(25)14-3-1-2-4-15(14)19(22)26/h1-8H,9-11H2. The molecule has 2 aromatic carbocycles. The molecule has 140 valence electrons. The highest BCUT2D eigenvalue weighted by molar-refractivity contribution is 6.21. The van der Waals surface area contributed by atoms with Gasteiger partial charge in [-0.25, -0.2) is 4.79 Å². The van der Waals surface area contributed by atoms with E-state index in [0.717, 1.165) is 0 Å². The lowest BCUT2D eigenvalue weighted by Gasteiger charge is -2.15. The summed E-state index contributed by atoms with van der Waals surface area (Å²) in [7, 11) is 0. The zero-order valence-electron chi connectivity index (χ0n) is 14.6. The van der Waals surface area contributed by atoms with Crippen LogP contribution < -0.4 is 0 Å². The van der Waals surface area contributed by atoms with E-state index in [1.807, 2.05) is 0 Å². The maximum atomic E-state index is 12.3. The van der Waals surface area contributed by atoms with E-state index in [2.05, 4.69) is 0 Å². The molecule has 0 aromatic heterocycles. The van der Waals surface area contributed by atoms with Gasteiger partial charge in [0, 0.05) is 12.8 Å². The van der Waals surface area contributed by atoms with Gasteiger partial charge in [-0.15, -0.1) is 0 Å². The molecule has 28 heavy (non-hydrogen) atoms. The summed E-state index contributed by atoms with van der Waals surface area (Å²) in [5.41, 5.74) is 1.14. The Morgan fingerprint density at radius 1 is 0.821 bits per heavy atom. The second-order valence-electron chi connectivity index (χ2n) is 6.40. The molecule has 2 aliphatic rings. The normalized spacial score (nSPS) is 16.0. The van der Waals surface area contributed by atoms with E-state index in [1.165, 1.54) is 29.2 Å². The number of hydrogen-bond acceptors (Lipinski definition) is 6. The average Bonchev–Trinajstić information content (AvgIpc) is 3.15. The fraction of sp³-hybridized carbons (Fsp3) is 0.150. The molecule has 8 nitrogen and oxygen atoms in total. The molecule has 0 saturated carbocycles. The van der Waals surface area contributed by atoms with Crippen LogP contribution >= 0.6 is 0 Å². The van der Waals surface area contributed by atoms with Crippen molar-refractivity contribution in [3.8, 4) is 0 Å². The Kier molecular flexibility index (Phi) is 4.23. The van der Waals surface area contributed by atoms with Crippen LogP contribution in [0.1, 0.15) is 49.5 Å². The molecule has 0 N–H and O–H groups in total. The van der Waals surface area contributed by atoms with E-state index in [9.17, 15) is 24.0 Å². The van der Waals surface area contributed by atoms with Crippen molar-refractivity contribution in [3.63, 3.8) is 0 Å². The smallest absolute Gasteiger partial charge is 0.324 e. The molecule has 0 spiro atoms. The molecule has 0 atom stereocenters. The van der Waals surface area contributed by atoms with Gasteiger partial charge in [0.25, 0.3) is 11.8 Å². The van der Waals surface area contributed by atoms with Crippen LogP contribution in [0.4, 0.5) is 0 Å². The number of fused-ring (bicyclic) bond motifs is 1. The number of benzene rings is 2. The van der Waals surface area contributed by atoms with Gasteiger partial charge in [0.05, 0.1) is 23.2 Å². The Hall–Kier alpha value is -3.81. The lowest BCUT2D eigenvalue weighted by Crippen LogP contribution is -2.32. The molecule has 2 aromatic rings. The summed E-state index contributed by atoms with van der Waals surface area (Å²) in [5, 5.41) is 0.447. The highest BCUT2D eigenvalue weighted by Crippen LogP contribution is 2.23. The molecule has 1 fully saturated rings. The third kappa shape index (κ3) is 2.94. The highest BCUT2D eigenvalue weighted by Gasteiger charge is 2.38. The zero-order chi connectivity index (χ0) is 19.8. The topological polar surface area (TPSA) is 101 Å². The van der Waals surface area contributed by atoms with Gasteiger partial charge in [-0.05, 0) is 29.8 Å². The van der Waals surface area contributed by atoms with Gasteiger partial charge in [-0.2, -0.15) is 0 Å². The monoisotopic (exact) mass is 378 g/mol. The maximum Gasteiger partial charge on any atom is 0.363 e. The van der Waals surface area contributed by atoms with E-state index < -0.39 is 17.8 Å². The Balaban J connectivity index is 1.45. The van der Waals surface area contributed by atoms with Gasteiger partial charge in [-0.3, -0.25) is 24.1 Å². The zero-order valence-corrected chi connectivity index (χ0v) is 14.6. The fourth-order valence-electron chi connectivity index (χ4n) is 3.11. The van der Waals surface area contributed by atoms with Crippen LogP contribution in [0.3, 0.4) is 0 Å². The van der Waals surface area contributed by atoms with E-state index in [-0.39, 0.29) is 47.9 Å². The van der Waals surface area contributed by atoms with Gasteiger partial charge in [0.1, 0.15) is 0 Å². The summed E-state index contributed by atoms with van der Waals surface area (Å²) >= 11 is 0. The van der Waals surface area contributed by atoms with Crippen molar-refractivity contribution in [3.05, 3.63) is 70.8 Å². The Labute approximate surface area is 159 Å². The first-order chi connectivity index (χ1) is 13.5. The molecule has 1 saturated heterocycles. The number of imide groups is 2. The van der Waals surface area contributed by atoms with Crippen molar-refractivity contribution in [1.29, 1.82) is 0 Å². The first-order valence-electron chi connectivity index (χ1n) is 8.58. The highest BCUT2D eigenvalue weighted by atomic mass is 16.7. The van der Waals surface area contributed by atoms with Crippen LogP contribution in [0.15, 0.2) is 48.5 Å². The predicted molar refractivity (Wildman–Crippen MR) is 93.6 cm³/mol. The number of hydroxylamine groups is 2. The maximum absolute atomic E-state index is 12.3. The second kappa shape index (κ2) is 6.73. The van der Waals surface area contributed by atoms with Crippen LogP contribution in [0, 0.1) is 0 Å². The quantitative estimate of drug-likeness (QED) is 0.751. The van der Waals surface area contributed by atoms with Crippen molar-refractivity contribution in [1.82, 2.24) is 9.96 Å². The summed E-state index contributed by atoms with van der Waals surface area (Å²) in [6.45, 7) is 0.130. The number of rotatable bonds is 4. The molecule has 0 unspecified atom stereocenters. The van der Waals surface area contributed by atoms with Gasteiger partial charge in [0.15, 0.2) is 0 Å². The minimum atomic E-state index is -0.866. The Bertz CT molecular complexity index is 976. The van der Waals surface area contributed by atoms with Gasteiger partial charge in [0.2, 0.25) is 11.8 Å². The summed E-state index contributed by atoms with van der Waals surface area (Å²) in [6.07, 6.45) is 0.424. The fourth-order valence-corrected chi connectivity index (χ4v) is 3.11. The first kappa shape index (κ1) is 17.6. The SMILES string of the molecule is O=C(ON1C(=O)c2ccccc2C1=O)c1ccc(CN2C(=O)CCC2=O)cc1. The lowest BCUT2D eigenvalue weighted by atomic mass is 10.1. The molecule has 4 amide bonds. The Morgan fingerprint density at radius 3 is 1.89 bits per heavy atom. The number of carbonyl (C=O) groups is 5. The number of nitrogens with zero attached hydrogens (tertiary/aromatic N) is 2. The molecular formula is C20H14N2O6. The van der Waals surface area contributed by atoms with Gasteiger partial charge in [-0.1, -0.05) is 29.3 Å². The third-order valence-electron chi connectivity index (χ3n) is 4.62. The van der Waals surface area contributed by atoms with Crippen LogP contribution in [-0.2, 0) is 21.0 Å². The van der Waals surface area contributed by atoms with Crippen LogP contribution in [0.5, 0.6) is 0 Å². The second-order valence-corrected chi connectivity index (χ2v) is 6.40. The number of likely N-dealkylation sites (tertiary alicyclic amines) is 1. The van der Waals surface area contributed by atoms with E-state index in [1.54, 1.807) is 24.3 Å². The molecular weight excluding hydrogens is 364 g/mol. The molecule has 4 rings (SSSR count). The van der Waals surface area contributed by atoms with E-state index in [4.69, 9.17) is 4.84 Å². The molecule has 8 heteroatoms. The summed E-state index contributed by atoms with van der Waals surface area (Å²) in [5.74, 6) is -2.71. The average molecular weight is 378 g/mol. The molecule has 2 aliphatic heterocycles. The van der Waals surface area contributed by atoms with E-state index in [0.29, 0.717) is 10.6 Å². The summed E-state index contributed by atoms with van der Waals surface area (Å²) in [6, 6.07) is 12.3. The van der Waals surface area contributed by atoms with Crippen molar-refractivity contribution >= 4 is 29.6 Å². The third-order valence-corrected chi connectivity index (χ3v) is 4.62. The van der Waals surface area contributed by atoms with Gasteiger partial charge >= 0.3 is 5.97 Å². The largest absolute Gasteiger partial charge is 0.363 e. The number of amides is 4. The number of carbonyl (C=O) groups excluding carboxylic acids is 5. The van der Waals surface area contributed by atoms with Crippen LogP contribution in [0.25, 0.3) is 0 Å². The molecule has 0 radical (unpaired) electrons. The molecule has 0 aliphatic carbocycles. The molecule has 0 bridgehead atoms. The Morgan fingerprint density at radius 2 is 1.36 bits per heavy atom. The lowest BCUT2D eigenvalue weighted by molar-refractivity contribution is -0.139. The summed E-state index contributed by atoms with van der Waals surface area (Å²) < 4.78 is 0. The van der Waals surface area contributed by atoms with E-state index >= 15 is 0 Å². The van der Waals surface area contributed by atoms with Gasteiger partial charge < -0.3 is 4.84 Å². The van der Waals surface area contributed by atoms with Crippen molar-refractivity contribution in [2.75, 3.05) is 0 Å². The minimum absolute atomic E-state index is 0.124. The number of hydrogen-bond donors (Lipinski definition) is 0.